The molecule has 0 amide bonds. The van der Waals surface area contributed by atoms with Gasteiger partial charge in [0.2, 0.25) is 0 Å². The molecule has 0 bridgehead atoms. The summed E-state index contributed by atoms with van der Waals surface area (Å²) in [6.07, 6.45) is 2.31. The number of aliphatic carboxylic acids is 1. The van der Waals surface area contributed by atoms with E-state index >= 15 is 0 Å². The summed E-state index contributed by atoms with van der Waals surface area (Å²) >= 11 is 0. The zero-order valence-corrected chi connectivity index (χ0v) is 7.88. The minimum absolute atomic E-state index is 0.221. The van der Waals surface area contributed by atoms with Gasteiger partial charge in [-0.1, -0.05) is 13.3 Å². The molecule has 0 aromatic carbocycles. The lowest BCUT2D eigenvalue weighted by Gasteiger charge is -2.10. The van der Waals surface area contributed by atoms with E-state index in [2.05, 4.69) is 0 Å². The van der Waals surface area contributed by atoms with Gasteiger partial charge in [-0.3, -0.25) is 4.79 Å². The van der Waals surface area contributed by atoms with Crippen LogP contribution < -0.4 is 0 Å². The topological polar surface area (TPSA) is 46.5 Å². The van der Waals surface area contributed by atoms with Crippen LogP contribution in [0.2, 0.25) is 0 Å². The Morgan fingerprint density at radius 1 is 1.42 bits per heavy atom. The summed E-state index contributed by atoms with van der Waals surface area (Å²) in [5, 5.41) is 8.75. The van der Waals surface area contributed by atoms with Crippen LogP contribution in [0.4, 0.5) is 0 Å². The van der Waals surface area contributed by atoms with Crippen molar-refractivity contribution in [2.75, 3.05) is 13.2 Å². The Hall–Kier alpha value is -0.570. The number of hydrogen-bond donors (Lipinski definition) is 1. The monoisotopic (exact) mass is 174 g/mol. The summed E-state index contributed by atoms with van der Waals surface area (Å²) in [6.45, 7) is 5.14. The van der Waals surface area contributed by atoms with Gasteiger partial charge in [0.15, 0.2) is 0 Å². The minimum atomic E-state index is -0.698. The first-order valence-corrected chi connectivity index (χ1v) is 4.52. The maximum atomic E-state index is 10.6. The van der Waals surface area contributed by atoms with Crippen LogP contribution in [0.1, 0.15) is 33.1 Å². The van der Waals surface area contributed by atoms with E-state index in [1.165, 1.54) is 0 Å². The van der Waals surface area contributed by atoms with Crippen molar-refractivity contribution in [2.45, 2.75) is 33.1 Å². The molecule has 0 aliphatic heterocycles. The van der Waals surface area contributed by atoms with Crippen LogP contribution in [-0.2, 0) is 9.53 Å². The van der Waals surface area contributed by atoms with Gasteiger partial charge >= 0.3 is 5.97 Å². The molecule has 0 saturated heterocycles. The summed E-state index contributed by atoms with van der Waals surface area (Å²) in [6, 6.07) is 0. The summed E-state index contributed by atoms with van der Waals surface area (Å²) in [5.74, 6) is -0.918. The zero-order valence-electron chi connectivity index (χ0n) is 7.88. The lowest BCUT2D eigenvalue weighted by molar-refractivity contribution is -0.142. The number of carboxylic acids is 1. The van der Waals surface area contributed by atoms with Gasteiger partial charge in [0.1, 0.15) is 0 Å². The predicted octanol–water partition coefficient (Wildman–Crippen LogP) is 1.91. The van der Waals surface area contributed by atoms with Crippen molar-refractivity contribution in [1.29, 1.82) is 0 Å². The van der Waals surface area contributed by atoms with Crippen molar-refractivity contribution in [3.63, 3.8) is 0 Å². The lowest BCUT2D eigenvalue weighted by atomic mass is 10.0. The Kier molecular flexibility index (Phi) is 6.76. The normalized spacial score (nSPS) is 12.8. The molecule has 0 fully saturated rings. The van der Waals surface area contributed by atoms with E-state index in [4.69, 9.17) is 9.84 Å². The highest BCUT2D eigenvalue weighted by Crippen LogP contribution is 2.11. The Balaban J connectivity index is 3.56. The molecule has 0 aliphatic carbocycles. The molecule has 3 heteroatoms. The van der Waals surface area contributed by atoms with Gasteiger partial charge in [0, 0.05) is 13.2 Å². The Morgan fingerprint density at radius 3 is 2.50 bits per heavy atom. The first-order valence-electron chi connectivity index (χ1n) is 4.52. The van der Waals surface area contributed by atoms with Crippen LogP contribution in [0.5, 0.6) is 0 Å². The van der Waals surface area contributed by atoms with Gasteiger partial charge in [-0.25, -0.2) is 0 Å². The van der Waals surface area contributed by atoms with E-state index in [1.54, 1.807) is 0 Å². The molecule has 0 spiro atoms. The SMILES string of the molecule is CCCC(CCOCC)C(=O)O. The van der Waals surface area contributed by atoms with Crippen LogP contribution >= 0.6 is 0 Å². The third kappa shape index (κ3) is 5.13. The molecule has 1 N–H and O–H groups in total. The van der Waals surface area contributed by atoms with Gasteiger partial charge in [-0.2, -0.15) is 0 Å². The second-order valence-corrected chi connectivity index (χ2v) is 2.81. The summed E-state index contributed by atoms with van der Waals surface area (Å²) in [5.41, 5.74) is 0. The Morgan fingerprint density at radius 2 is 2.08 bits per heavy atom. The molecule has 0 saturated carbocycles. The number of carboxylic acid groups (broad SMARTS) is 1. The largest absolute Gasteiger partial charge is 0.481 e. The number of rotatable bonds is 7. The second kappa shape index (κ2) is 7.10. The van der Waals surface area contributed by atoms with Crippen molar-refractivity contribution in [3.8, 4) is 0 Å². The molecule has 72 valence electrons. The van der Waals surface area contributed by atoms with Gasteiger partial charge in [-0.05, 0) is 19.8 Å². The van der Waals surface area contributed by atoms with Crippen molar-refractivity contribution in [3.05, 3.63) is 0 Å². The number of carbonyl (C=O) groups is 1. The lowest BCUT2D eigenvalue weighted by Crippen LogP contribution is -2.15. The van der Waals surface area contributed by atoms with Crippen LogP contribution in [0.25, 0.3) is 0 Å². The quantitative estimate of drug-likeness (QED) is 0.600. The van der Waals surface area contributed by atoms with Crippen molar-refractivity contribution in [1.82, 2.24) is 0 Å². The first-order chi connectivity index (χ1) is 5.72. The van der Waals surface area contributed by atoms with Crippen LogP contribution in [0.3, 0.4) is 0 Å². The van der Waals surface area contributed by atoms with Crippen molar-refractivity contribution >= 4 is 5.97 Å². The molecule has 1 unspecified atom stereocenters. The highest BCUT2D eigenvalue weighted by Gasteiger charge is 2.15. The number of ether oxygens (including phenoxy) is 1. The van der Waals surface area contributed by atoms with E-state index in [0.717, 1.165) is 12.8 Å². The maximum Gasteiger partial charge on any atom is 0.306 e. The van der Waals surface area contributed by atoms with Gasteiger partial charge in [-0.15, -0.1) is 0 Å². The van der Waals surface area contributed by atoms with Gasteiger partial charge in [0.25, 0.3) is 0 Å². The second-order valence-electron chi connectivity index (χ2n) is 2.81. The van der Waals surface area contributed by atoms with Crippen LogP contribution in [0.15, 0.2) is 0 Å². The Labute approximate surface area is 73.7 Å². The van der Waals surface area contributed by atoms with E-state index in [1.807, 2.05) is 13.8 Å². The van der Waals surface area contributed by atoms with E-state index in [-0.39, 0.29) is 5.92 Å². The first kappa shape index (κ1) is 11.4. The van der Waals surface area contributed by atoms with Crippen LogP contribution in [0, 0.1) is 5.92 Å². The molecule has 12 heavy (non-hydrogen) atoms. The summed E-state index contributed by atoms with van der Waals surface area (Å²) in [7, 11) is 0. The fourth-order valence-corrected chi connectivity index (χ4v) is 1.11. The average molecular weight is 174 g/mol. The van der Waals surface area contributed by atoms with Gasteiger partial charge < -0.3 is 9.84 Å². The van der Waals surface area contributed by atoms with Crippen LogP contribution in [-0.4, -0.2) is 24.3 Å². The van der Waals surface area contributed by atoms with E-state index in [0.29, 0.717) is 19.6 Å². The molecule has 0 aromatic rings. The summed E-state index contributed by atoms with van der Waals surface area (Å²) < 4.78 is 5.10. The fourth-order valence-electron chi connectivity index (χ4n) is 1.11. The molecule has 0 aliphatic rings. The highest BCUT2D eigenvalue weighted by atomic mass is 16.5. The molecule has 0 radical (unpaired) electrons. The number of hydrogen-bond acceptors (Lipinski definition) is 2. The zero-order chi connectivity index (χ0) is 9.40. The maximum absolute atomic E-state index is 10.6. The molecule has 0 heterocycles. The highest BCUT2D eigenvalue weighted by molar-refractivity contribution is 5.69. The molecular weight excluding hydrogens is 156 g/mol. The molecule has 0 aromatic heterocycles. The predicted molar refractivity (Wildman–Crippen MR) is 47.1 cm³/mol. The van der Waals surface area contributed by atoms with E-state index in [9.17, 15) is 4.79 Å². The third-order valence-corrected chi connectivity index (χ3v) is 1.80. The molecule has 3 nitrogen and oxygen atoms in total. The van der Waals surface area contributed by atoms with Crippen molar-refractivity contribution in [2.24, 2.45) is 5.92 Å². The Bertz CT molecular complexity index is 123. The molecular formula is C9H18O3. The average Bonchev–Trinajstić information content (AvgIpc) is 2.03. The minimum Gasteiger partial charge on any atom is -0.481 e. The van der Waals surface area contributed by atoms with Crippen molar-refractivity contribution < 1.29 is 14.6 Å². The molecule has 1 atom stereocenters. The summed E-state index contributed by atoms with van der Waals surface area (Å²) in [4.78, 5) is 10.6. The fraction of sp³-hybridized carbons (Fsp3) is 0.889. The standard InChI is InChI=1S/C9H18O3/c1-3-5-8(9(10)11)6-7-12-4-2/h8H,3-7H2,1-2H3,(H,10,11). The smallest absolute Gasteiger partial charge is 0.306 e. The van der Waals surface area contributed by atoms with E-state index < -0.39 is 5.97 Å². The molecule has 0 rings (SSSR count). The van der Waals surface area contributed by atoms with Gasteiger partial charge in [0.05, 0.1) is 5.92 Å². The third-order valence-electron chi connectivity index (χ3n) is 1.80.